The summed E-state index contributed by atoms with van der Waals surface area (Å²) < 4.78 is 0.792. The van der Waals surface area contributed by atoms with E-state index in [1.54, 1.807) is 0 Å². The van der Waals surface area contributed by atoms with Crippen LogP contribution in [0.25, 0.3) is 0 Å². The molecule has 1 heterocycles. The minimum Gasteiger partial charge on any atom is -0.481 e. The zero-order valence-electron chi connectivity index (χ0n) is 10.6. The van der Waals surface area contributed by atoms with Gasteiger partial charge in [0.1, 0.15) is 4.32 Å². The van der Waals surface area contributed by atoms with Crippen LogP contribution in [0.4, 0.5) is 0 Å². The number of thiocarbonyl (C=S) groups is 1. The molecule has 0 radical (unpaired) electrons. The Kier molecular flexibility index (Phi) is 7.11. The third kappa shape index (κ3) is 6.74. The molecule has 0 aromatic heterocycles. The number of carboxylic acids is 2. The lowest BCUT2D eigenvalue weighted by molar-refractivity contribution is -0.138. The molecule has 0 saturated carbocycles. The lowest BCUT2D eigenvalue weighted by atomic mass is 10.2. The van der Waals surface area contributed by atoms with Crippen molar-refractivity contribution in [2.24, 2.45) is 0 Å². The van der Waals surface area contributed by atoms with Gasteiger partial charge in [-0.05, 0) is 12.8 Å². The first-order chi connectivity index (χ1) is 8.99. The van der Waals surface area contributed by atoms with Gasteiger partial charge in [-0.3, -0.25) is 14.5 Å². The fraction of sp³-hybridized carbons (Fsp3) is 0.727. The predicted molar refractivity (Wildman–Crippen MR) is 77.1 cm³/mol. The Hall–Kier alpha value is -0.860. The number of hydrogen-bond acceptors (Lipinski definition) is 5. The fourth-order valence-corrected chi connectivity index (χ4v) is 2.89. The molecule has 0 bridgehead atoms. The van der Waals surface area contributed by atoms with E-state index in [0.29, 0.717) is 19.0 Å². The summed E-state index contributed by atoms with van der Waals surface area (Å²) in [4.78, 5) is 24.8. The highest BCUT2D eigenvalue weighted by molar-refractivity contribution is 8.22. The van der Waals surface area contributed by atoms with Crippen molar-refractivity contribution in [3.8, 4) is 0 Å². The molecule has 1 fully saturated rings. The maximum atomic E-state index is 10.7. The Labute approximate surface area is 121 Å². The van der Waals surface area contributed by atoms with Crippen LogP contribution in [0.2, 0.25) is 0 Å². The van der Waals surface area contributed by atoms with Crippen LogP contribution in [-0.4, -0.2) is 61.9 Å². The molecule has 1 rings (SSSR count). The average molecular weight is 306 g/mol. The molecule has 2 N–H and O–H groups in total. The first-order valence-corrected chi connectivity index (χ1v) is 7.46. The van der Waals surface area contributed by atoms with Gasteiger partial charge in [0.25, 0.3) is 0 Å². The lowest BCUT2D eigenvalue weighted by Crippen LogP contribution is -2.46. The average Bonchev–Trinajstić information content (AvgIpc) is 2.31. The van der Waals surface area contributed by atoms with E-state index in [1.165, 1.54) is 11.8 Å². The van der Waals surface area contributed by atoms with Gasteiger partial charge in [-0.1, -0.05) is 30.4 Å². The minimum absolute atomic E-state index is 0.0190. The molecule has 6 nitrogen and oxygen atoms in total. The van der Waals surface area contributed by atoms with Crippen LogP contribution in [0.5, 0.6) is 0 Å². The van der Waals surface area contributed by atoms with Gasteiger partial charge in [0.15, 0.2) is 0 Å². The standard InChI is InChI=1S/C11H18N2O4S2/c14-9(15)4-2-1-3-5-13-7-12(6-10(16)17)8-19-11(13)18/h1-8H2,(H,14,15)(H,16,17). The number of carbonyl (C=O) groups is 2. The number of hydrogen-bond donors (Lipinski definition) is 2. The van der Waals surface area contributed by atoms with Crippen LogP contribution in [0.15, 0.2) is 0 Å². The SMILES string of the molecule is O=C(O)CCCCCN1CN(CC(=O)O)CSC1=S. The maximum Gasteiger partial charge on any atom is 0.317 e. The van der Waals surface area contributed by atoms with Crippen molar-refractivity contribution in [1.29, 1.82) is 0 Å². The van der Waals surface area contributed by atoms with Crippen molar-refractivity contribution in [1.82, 2.24) is 9.80 Å². The molecule has 0 aromatic rings. The van der Waals surface area contributed by atoms with Gasteiger partial charge >= 0.3 is 11.9 Å². The van der Waals surface area contributed by atoms with E-state index in [-0.39, 0.29) is 13.0 Å². The summed E-state index contributed by atoms with van der Waals surface area (Å²) in [7, 11) is 0. The Morgan fingerprint density at radius 3 is 2.58 bits per heavy atom. The van der Waals surface area contributed by atoms with Gasteiger partial charge in [-0.15, -0.1) is 0 Å². The van der Waals surface area contributed by atoms with Crippen LogP contribution in [0.1, 0.15) is 25.7 Å². The molecule has 0 amide bonds. The minimum atomic E-state index is -0.838. The largest absolute Gasteiger partial charge is 0.481 e. The van der Waals surface area contributed by atoms with Crippen molar-refractivity contribution >= 4 is 40.2 Å². The Morgan fingerprint density at radius 2 is 1.95 bits per heavy atom. The molecule has 19 heavy (non-hydrogen) atoms. The number of aliphatic carboxylic acids is 2. The summed E-state index contributed by atoms with van der Waals surface area (Å²) in [5.41, 5.74) is 0. The summed E-state index contributed by atoms with van der Waals surface area (Å²) in [6.45, 7) is 1.31. The molecule has 8 heteroatoms. The van der Waals surface area contributed by atoms with E-state index in [9.17, 15) is 9.59 Å². The monoisotopic (exact) mass is 306 g/mol. The van der Waals surface area contributed by atoms with Crippen molar-refractivity contribution in [2.75, 3.05) is 25.6 Å². The number of carboxylic acid groups (broad SMARTS) is 2. The Morgan fingerprint density at radius 1 is 1.21 bits per heavy atom. The number of thioether (sulfide) groups is 1. The highest BCUT2D eigenvalue weighted by Gasteiger charge is 2.22. The highest BCUT2D eigenvalue weighted by atomic mass is 32.2. The smallest absolute Gasteiger partial charge is 0.317 e. The van der Waals surface area contributed by atoms with Crippen molar-refractivity contribution < 1.29 is 19.8 Å². The van der Waals surface area contributed by atoms with Gasteiger partial charge in [-0.25, -0.2) is 0 Å². The van der Waals surface area contributed by atoms with Crippen LogP contribution >= 0.6 is 24.0 Å². The first kappa shape index (κ1) is 16.2. The fourth-order valence-electron chi connectivity index (χ4n) is 1.78. The van der Waals surface area contributed by atoms with Crippen molar-refractivity contribution in [3.63, 3.8) is 0 Å². The predicted octanol–water partition coefficient (Wildman–Crippen LogP) is 1.27. The molecule has 1 aliphatic rings. The normalized spacial score (nSPS) is 16.6. The molecule has 0 spiro atoms. The number of rotatable bonds is 8. The third-order valence-electron chi connectivity index (χ3n) is 2.68. The van der Waals surface area contributed by atoms with E-state index in [1.807, 2.05) is 9.80 Å². The molecule has 0 atom stereocenters. The second-order valence-corrected chi connectivity index (χ2v) is 5.95. The number of unbranched alkanes of at least 4 members (excludes halogenated alkanes) is 2. The second kappa shape index (κ2) is 8.34. The molecule has 1 saturated heterocycles. The molecular formula is C11H18N2O4S2. The summed E-state index contributed by atoms with van der Waals surface area (Å²) in [5, 5.41) is 17.3. The van der Waals surface area contributed by atoms with Crippen LogP contribution < -0.4 is 0 Å². The third-order valence-corrected chi connectivity index (χ3v) is 4.29. The summed E-state index contributed by atoms with van der Waals surface area (Å²) in [6, 6.07) is 0. The molecular weight excluding hydrogens is 288 g/mol. The lowest BCUT2D eigenvalue weighted by Gasteiger charge is -2.35. The molecule has 0 aromatic carbocycles. The summed E-state index contributed by atoms with van der Waals surface area (Å²) in [6.07, 6.45) is 2.58. The highest BCUT2D eigenvalue weighted by Crippen LogP contribution is 2.19. The van der Waals surface area contributed by atoms with E-state index in [2.05, 4.69) is 0 Å². The topological polar surface area (TPSA) is 81.1 Å². The van der Waals surface area contributed by atoms with Gasteiger partial charge in [0.05, 0.1) is 19.1 Å². The van der Waals surface area contributed by atoms with E-state index in [0.717, 1.165) is 23.7 Å². The van der Waals surface area contributed by atoms with Crippen LogP contribution in [0, 0.1) is 0 Å². The van der Waals surface area contributed by atoms with Crippen LogP contribution in [-0.2, 0) is 9.59 Å². The summed E-state index contributed by atoms with van der Waals surface area (Å²) >= 11 is 6.70. The van der Waals surface area contributed by atoms with Gasteiger partial charge in [-0.2, -0.15) is 0 Å². The van der Waals surface area contributed by atoms with Crippen molar-refractivity contribution in [2.45, 2.75) is 25.7 Å². The maximum absolute atomic E-state index is 10.7. The molecule has 0 aliphatic carbocycles. The Balaban J connectivity index is 2.24. The van der Waals surface area contributed by atoms with Crippen LogP contribution in [0.3, 0.4) is 0 Å². The quantitative estimate of drug-likeness (QED) is 0.512. The second-order valence-electron chi connectivity index (χ2n) is 4.37. The van der Waals surface area contributed by atoms with Gasteiger partial charge < -0.3 is 15.1 Å². The van der Waals surface area contributed by atoms with E-state index >= 15 is 0 Å². The summed E-state index contributed by atoms with van der Waals surface area (Å²) in [5.74, 6) is -0.993. The van der Waals surface area contributed by atoms with Gasteiger partial charge in [0.2, 0.25) is 0 Å². The van der Waals surface area contributed by atoms with Crippen molar-refractivity contribution in [3.05, 3.63) is 0 Å². The van der Waals surface area contributed by atoms with E-state index in [4.69, 9.17) is 22.4 Å². The molecule has 1 aliphatic heterocycles. The molecule has 0 unspecified atom stereocenters. The molecule has 108 valence electrons. The number of nitrogens with zero attached hydrogens (tertiary/aromatic N) is 2. The first-order valence-electron chi connectivity index (χ1n) is 6.06. The van der Waals surface area contributed by atoms with Gasteiger partial charge in [0, 0.05) is 13.0 Å². The van der Waals surface area contributed by atoms with E-state index < -0.39 is 11.9 Å². The zero-order valence-corrected chi connectivity index (χ0v) is 12.2. The zero-order chi connectivity index (χ0) is 14.3. The Bertz CT molecular complexity index is 352.